The van der Waals surface area contributed by atoms with Crippen LogP contribution >= 0.6 is 0 Å². The maximum Gasteiger partial charge on any atom is 0.322 e. The average Bonchev–Trinajstić information content (AvgIpc) is 2.80. The minimum absolute atomic E-state index is 0.0399. The van der Waals surface area contributed by atoms with E-state index in [-0.39, 0.29) is 12.1 Å². The van der Waals surface area contributed by atoms with Crippen LogP contribution in [0.15, 0.2) is 54.6 Å². The Bertz CT molecular complexity index is 824. The lowest BCUT2D eigenvalue weighted by molar-refractivity contribution is -0.0295. The number of ether oxygens (including phenoxy) is 2. The molecule has 1 unspecified atom stereocenters. The molecule has 4 rings (SSSR count). The monoisotopic (exact) mass is 410 g/mol. The number of para-hydroxylation sites is 3. The van der Waals surface area contributed by atoms with Crippen molar-refractivity contribution >= 4 is 17.4 Å². The van der Waals surface area contributed by atoms with Gasteiger partial charge in [-0.05, 0) is 24.3 Å². The molecule has 0 aromatic heterocycles. The number of benzene rings is 2. The lowest BCUT2D eigenvalue weighted by Crippen LogP contribution is -2.54. The maximum absolute atomic E-state index is 12.6. The van der Waals surface area contributed by atoms with E-state index in [1.807, 2.05) is 47.4 Å². The van der Waals surface area contributed by atoms with Gasteiger partial charge in [0, 0.05) is 51.5 Å². The molecule has 2 aromatic carbocycles. The molecule has 2 aliphatic rings. The van der Waals surface area contributed by atoms with Crippen LogP contribution in [-0.4, -0.2) is 81.5 Å². The average molecular weight is 411 g/mol. The maximum atomic E-state index is 12.6. The molecule has 2 aliphatic heterocycles. The first-order chi connectivity index (χ1) is 14.7. The Hall–Kier alpha value is -2.77. The van der Waals surface area contributed by atoms with E-state index in [1.165, 1.54) is 0 Å². The Labute approximate surface area is 178 Å². The highest BCUT2D eigenvalue weighted by Crippen LogP contribution is 2.28. The van der Waals surface area contributed by atoms with E-state index in [1.54, 1.807) is 7.11 Å². The van der Waals surface area contributed by atoms with Crippen molar-refractivity contribution in [3.05, 3.63) is 54.6 Å². The van der Waals surface area contributed by atoms with Gasteiger partial charge < -0.3 is 24.6 Å². The molecule has 2 fully saturated rings. The van der Waals surface area contributed by atoms with Crippen LogP contribution in [0, 0.1) is 0 Å². The molecule has 2 heterocycles. The molecule has 0 saturated carbocycles. The predicted octanol–water partition coefficient (Wildman–Crippen LogP) is 2.75. The van der Waals surface area contributed by atoms with Crippen molar-refractivity contribution in [3.63, 3.8) is 0 Å². The molecule has 1 atom stereocenters. The van der Waals surface area contributed by atoms with Gasteiger partial charge in [0.2, 0.25) is 0 Å². The summed E-state index contributed by atoms with van der Waals surface area (Å²) in [5, 5.41) is 2.97. The zero-order valence-corrected chi connectivity index (χ0v) is 17.5. The Balaban J connectivity index is 1.26. The van der Waals surface area contributed by atoms with E-state index in [2.05, 4.69) is 27.2 Å². The molecule has 160 valence electrons. The van der Waals surface area contributed by atoms with Crippen LogP contribution in [0.4, 0.5) is 16.2 Å². The summed E-state index contributed by atoms with van der Waals surface area (Å²) in [4.78, 5) is 19.2. The second kappa shape index (κ2) is 9.82. The van der Waals surface area contributed by atoms with Gasteiger partial charge in [0.25, 0.3) is 0 Å². The Morgan fingerprint density at radius 3 is 2.53 bits per heavy atom. The Morgan fingerprint density at radius 1 is 1.03 bits per heavy atom. The Kier molecular flexibility index (Phi) is 6.71. The number of carbonyl (C=O) groups excluding carboxylic acids is 1. The number of hydrogen-bond acceptors (Lipinski definition) is 5. The number of hydrogen-bond donors (Lipinski definition) is 1. The molecule has 2 amide bonds. The molecule has 0 radical (unpaired) electrons. The van der Waals surface area contributed by atoms with Gasteiger partial charge in [0.1, 0.15) is 5.75 Å². The topological polar surface area (TPSA) is 57.3 Å². The number of carbonyl (C=O) groups is 1. The van der Waals surface area contributed by atoms with E-state index in [0.29, 0.717) is 19.7 Å². The van der Waals surface area contributed by atoms with Crippen molar-refractivity contribution in [2.45, 2.75) is 6.10 Å². The third-order valence-electron chi connectivity index (χ3n) is 5.71. The van der Waals surface area contributed by atoms with E-state index in [4.69, 9.17) is 9.47 Å². The second-order valence-corrected chi connectivity index (χ2v) is 7.69. The molecule has 7 heteroatoms. The van der Waals surface area contributed by atoms with E-state index >= 15 is 0 Å². The number of rotatable bonds is 5. The lowest BCUT2D eigenvalue weighted by Gasteiger charge is -2.40. The van der Waals surface area contributed by atoms with Crippen molar-refractivity contribution in [1.29, 1.82) is 0 Å². The molecule has 0 aliphatic carbocycles. The van der Waals surface area contributed by atoms with Crippen LogP contribution in [0.3, 0.4) is 0 Å². The van der Waals surface area contributed by atoms with Crippen molar-refractivity contribution in [2.24, 2.45) is 0 Å². The third kappa shape index (κ3) is 5.04. The molecule has 7 nitrogen and oxygen atoms in total. The normalized spacial score (nSPS) is 20.1. The first-order valence-electron chi connectivity index (χ1n) is 10.6. The first kappa shape index (κ1) is 20.5. The van der Waals surface area contributed by atoms with Gasteiger partial charge in [-0.25, -0.2) is 4.79 Å². The highest BCUT2D eigenvalue weighted by molar-refractivity contribution is 5.89. The second-order valence-electron chi connectivity index (χ2n) is 7.69. The SMILES string of the molecule is COc1ccccc1N1CCN(CC2CN(C(=O)Nc3ccccc3)CCO2)CC1. The molecule has 2 aromatic rings. The number of methoxy groups -OCH3 is 1. The number of morpholine rings is 1. The van der Waals surface area contributed by atoms with E-state index in [9.17, 15) is 4.79 Å². The fraction of sp³-hybridized carbons (Fsp3) is 0.435. The highest BCUT2D eigenvalue weighted by atomic mass is 16.5. The summed E-state index contributed by atoms with van der Waals surface area (Å²) in [6.45, 7) is 6.49. The van der Waals surface area contributed by atoms with Crippen molar-refractivity contribution in [1.82, 2.24) is 9.80 Å². The summed E-state index contributed by atoms with van der Waals surface area (Å²) in [6, 6.07) is 17.7. The van der Waals surface area contributed by atoms with Gasteiger partial charge in [-0.1, -0.05) is 30.3 Å². The zero-order chi connectivity index (χ0) is 20.8. The zero-order valence-electron chi connectivity index (χ0n) is 17.5. The fourth-order valence-corrected chi connectivity index (χ4v) is 4.09. The van der Waals surface area contributed by atoms with Crippen molar-refractivity contribution < 1.29 is 14.3 Å². The van der Waals surface area contributed by atoms with E-state index < -0.39 is 0 Å². The van der Waals surface area contributed by atoms with Crippen LogP contribution in [0.1, 0.15) is 0 Å². The molecule has 30 heavy (non-hydrogen) atoms. The molecular formula is C23H30N4O3. The third-order valence-corrected chi connectivity index (χ3v) is 5.71. The quantitative estimate of drug-likeness (QED) is 0.822. The van der Waals surface area contributed by atoms with Gasteiger partial charge in [0.05, 0.1) is 25.5 Å². The van der Waals surface area contributed by atoms with Crippen LogP contribution in [0.25, 0.3) is 0 Å². The number of anilines is 2. The first-order valence-corrected chi connectivity index (χ1v) is 10.6. The summed E-state index contributed by atoms with van der Waals surface area (Å²) >= 11 is 0. The number of nitrogens with zero attached hydrogens (tertiary/aromatic N) is 3. The molecule has 0 bridgehead atoms. The minimum atomic E-state index is -0.0597. The summed E-state index contributed by atoms with van der Waals surface area (Å²) in [5.41, 5.74) is 1.97. The molecular weight excluding hydrogens is 380 g/mol. The lowest BCUT2D eigenvalue weighted by atomic mass is 10.2. The molecule has 0 spiro atoms. The molecule has 1 N–H and O–H groups in total. The highest BCUT2D eigenvalue weighted by Gasteiger charge is 2.27. The molecule has 2 saturated heterocycles. The van der Waals surface area contributed by atoms with Gasteiger partial charge in [-0.3, -0.25) is 4.90 Å². The number of nitrogens with one attached hydrogen (secondary N) is 1. The number of piperazine rings is 1. The van der Waals surface area contributed by atoms with Crippen LogP contribution < -0.4 is 15.0 Å². The van der Waals surface area contributed by atoms with E-state index in [0.717, 1.165) is 49.8 Å². The van der Waals surface area contributed by atoms with Crippen LogP contribution in [0.5, 0.6) is 5.75 Å². The van der Waals surface area contributed by atoms with Crippen LogP contribution in [-0.2, 0) is 4.74 Å². The predicted molar refractivity (Wildman–Crippen MR) is 118 cm³/mol. The van der Waals surface area contributed by atoms with Crippen molar-refractivity contribution in [2.75, 3.05) is 69.7 Å². The largest absolute Gasteiger partial charge is 0.495 e. The summed E-state index contributed by atoms with van der Waals surface area (Å²) in [6.07, 6.45) is 0.0399. The van der Waals surface area contributed by atoms with Gasteiger partial charge >= 0.3 is 6.03 Å². The smallest absolute Gasteiger partial charge is 0.322 e. The van der Waals surface area contributed by atoms with Crippen molar-refractivity contribution in [3.8, 4) is 5.75 Å². The summed E-state index contributed by atoms with van der Waals surface area (Å²) in [5.74, 6) is 0.918. The van der Waals surface area contributed by atoms with Crippen LogP contribution in [0.2, 0.25) is 0 Å². The fourth-order valence-electron chi connectivity index (χ4n) is 4.09. The summed E-state index contributed by atoms with van der Waals surface area (Å²) in [7, 11) is 1.72. The number of urea groups is 1. The standard InChI is InChI=1S/C23H30N4O3/c1-29-22-10-6-5-9-21(22)26-13-11-25(12-14-26)17-20-18-27(15-16-30-20)23(28)24-19-7-3-2-4-8-19/h2-10,20H,11-18H2,1H3,(H,24,28). The van der Waals surface area contributed by atoms with Gasteiger partial charge in [0.15, 0.2) is 0 Å². The van der Waals surface area contributed by atoms with Gasteiger partial charge in [-0.2, -0.15) is 0 Å². The number of amides is 2. The summed E-state index contributed by atoms with van der Waals surface area (Å²) < 4.78 is 11.5. The minimum Gasteiger partial charge on any atom is -0.495 e. The Morgan fingerprint density at radius 2 is 1.77 bits per heavy atom. The van der Waals surface area contributed by atoms with Gasteiger partial charge in [-0.15, -0.1) is 0 Å².